The van der Waals surface area contributed by atoms with Crippen LogP contribution in [-0.2, 0) is 11.3 Å². The fourth-order valence-electron chi connectivity index (χ4n) is 3.97. The number of hydrogen-bond donors (Lipinski definition) is 2. The monoisotopic (exact) mass is 307 g/mol. The van der Waals surface area contributed by atoms with Gasteiger partial charge in [0.05, 0.1) is 12.6 Å². The molecule has 0 bridgehead atoms. The molecule has 122 valence electrons. The average molecular weight is 307 g/mol. The van der Waals surface area contributed by atoms with Crippen molar-refractivity contribution >= 4 is 6.03 Å². The Labute approximate surface area is 131 Å². The summed E-state index contributed by atoms with van der Waals surface area (Å²) in [7, 11) is 0. The Hall–Kier alpha value is -1.56. The molecule has 6 heteroatoms. The normalized spacial score (nSPS) is 25.9. The molecule has 2 fully saturated rings. The summed E-state index contributed by atoms with van der Waals surface area (Å²) in [6.07, 6.45) is 6.02. The summed E-state index contributed by atoms with van der Waals surface area (Å²) >= 11 is 0. The van der Waals surface area contributed by atoms with Crippen molar-refractivity contribution in [2.75, 3.05) is 6.61 Å². The largest absolute Gasteiger partial charge is 0.378 e. The molecule has 2 aliphatic rings. The average Bonchev–Trinajstić information content (AvgIpc) is 3.14. The fourth-order valence-corrected chi connectivity index (χ4v) is 3.97. The number of carbonyl (C=O) groups is 1. The van der Waals surface area contributed by atoms with Crippen LogP contribution in [0.3, 0.4) is 0 Å². The summed E-state index contributed by atoms with van der Waals surface area (Å²) < 4.78 is 10.9. The van der Waals surface area contributed by atoms with E-state index in [4.69, 9.17) is 9.26 Å². The van der Waals surface area contributed by atoms with E-state index in [2.05, 4.69) is 15.8 Å². The highest BCUT2D eigenvalue weighted by Crippen LogP contribution is 2.54. The zero-order valence-corrected chi connectivity index (χ0v) is 13.4. The smallest absolute Gasteiger partial charge is 0.315 e. The quantitative estimate of drug-likeness (QED) is 0.876. The summed E-state index contributed by atoms with van der Waals surface area (Å²) in [5, 5.41) is 9.85. The first-order valence-electron chi connectivity index (χ1n) is 8.22. The molecule has 0 saturated heterocycles. The lowest BCUT2D eigenvalue weighted by Gasteiger charge is -2.53. The number of ether oxygens (including phenoxy) is 1. The van der Waals surface area contributed by atoms with Crippen LogP contribution < -0.4 is 10.6 Å². The second kappa shape index (κ2) is 6.28. The molecule has 2 amide bonds. The Morgan fingerprint density at radius 1 is 1.50 bits per heavy atom. The van der Waals surface area contributed by atoms with Gasteiger partial charge in [0.2, 0.25) is 0 Å². The first-order chi connectivity index (χ1) is 10.6. The standard InChI is InChI=1S/C16H25N3O3/c1-3-21-14-9-13(16(14)6-4-5-7-16)18-15(20)17-10-12-8-11(2)22-19-12/h8,13-14H,3-7,9-10H2,1-2H3,(H2,17,18,20)/t13-,14-/m0/s1. The molecule has 2 N–H and O–H groups in total. The molecule has 1 heterocycles. The van der Waals surface area contributed by atoms with Gasteiger partial charge in [-0.3, -0.25) is 0 Å². The minimum absolute atomic E-state index is 0.133. The molecule has 3 rings (SSSR count). The van der Waals surface area contributed by atoms with Crippen LogP contribution in [0.4, 0.5) is 4.79 Å². The molecule has 22 heavy (non-hydrogen) atoms. The summed E-state index contributed by atoms with van der Waals surface area (Å²) in [6.45, 7) is 5.01. The van der Waals surface area contributed by atoms with Crippen LogP contribution in [0.2, 0.25) is 0 Å². The van der Waals surface area contributed by atoms with Crippen LogP contribution in [0, 0.1) is 12.3 Å². The van der Waals surface area contributed by atoms with Crippen LogP contribution in [0.1, 0.15) is 50.5 Å². The Balaban J connectivity index is 1.51. The number of nitrogens with zero attached hydrogens (tertiary/aromatic N) is 1. The van der Waals surface area contributed by atoms with Crippen molar-refractivity contribution in [2.24, 2.45) is 5.41 Å². The van der Waals surface area contributed by atoms with Gasteiger partial charge in [-0.2, -0.15) is 0 Å². The first kappa shape index (κ1) is 15.3. The predicted molar refractivity (Wildman–Crippen MR) is 81.3 cm³/mol. The maximum Gasteiger partial charge on any atom is 0.315 e. The minimum atomic E-state index is -0.133. The lowest BCUT2D eigenvalue weighted by Crippen LogP contribution is -2.64. The molecule has 0 radical (unpaired) electrons. The molecule has 2 saturated carbocycles. The topological polar surface area (TPSA) is 76.4 Å². The second-order valence-corrected chi connectivity index (χ2v) is 6.43. The molecule has 0 aromatic carbocycles. The van der Waals surface area contributed by atoms with Crippen molar-refractivity contribution in [3.8, 4) is 0 Å². The lowest BCUT2D eigenvalue weighted by atomic mass is 9.60. The molecule has 0 aliphatic heterocycles. The molecule has 0 unspecified atom stereocenters. The van der Waals surface area contributed by atoms with E-state index in [1.165, 1.54) is 12.8 Å². The third kappa shape index (κ3) is 2.84. The Morgan fingerprint density at radius 3 is 2.91 bits per heavy atom. The summed E-state index contributed by atoms with van der Waals surface area (Å²) in [5.41, 5.74) is 0.904. The van der Waals surface area contributed by atoms with E-state index in [-0.39, 0.29) is 17.5 Å². The first-order valence-corrected chi connectivity index (χ1v) is 8.22. The summed E-state index contributed by atoms with van der Waals surface area (Å²) in [4.78, 5) is 12.1. The van der Waals surface area contributed by atoms with Gasteiger partial charge in [-0.15, -0.1) is 0 Å². The van der Waals surface area contributed by atoms with Gasteiger partial charge in [-0.25, -0.2) is 4.79 Å². The number of urea groups is 1. The van der Waals surface area contributed by atoms with Crippen molar-refractivity contribution in [2.45, 2.75) is 64.6 Å². The van der Waals surface area contributed by atoms with Gasteiger partial charge < -0.3 is 19.9 Å². The number of carbonyl (C=O) groups excluding carboxylic acids is 1. The fraction of sp³-hybridized carbons (Fsp3) is 0.750. The van der Waals surface area contributed by atoms with E-state index in [0.717, 1.165) is 37.3 Å². The van der Waals surface area contributed by atoms with Crippen LogP contribution in [0.15, 0.2) is 10.6 Å². The molecule has 1 spiro atoms. The van der Waals surface area contributed by atoms with E-state index in [0.29, 0.717) is 12.6 Å². The van der Waals surface area contributed by atoms with Crippen molar-refractivity contribution in [1.82, 2.24) is 15.8 Å². The predicted octanol–water partition coefficient (Wildman–Crippen LogP) is 2.52. The van der Waals surface area contributed by atoms with Gasteiger partial charge >= 0.3 is 6.03 Å². The second-order valence-electron chi connectivity index (χ2n) is 6.43. The van der Waals surface area contributed by atoms with E-state index in [1.54, 1.807) is 0 Å². The van der Waals surface area contributed by atoms with E-state index < -0.39 is 0 Å². The number of hydrogen-bond acceptors (Lipinski definition) is 4. The maximum atomic E-state index is 12.1. The van der Waals surface area contributed by atoms with Crippen LogP contribution in [0.25, 0.3) is 0 Å². The van der Waals surface area contributed by atoms with Crippen molar-refractivity contribution < 1.29 is 14.1 Å². The van der Waals surface area contributed by atoms with Crippen LogP contribution in [-0.4, -0.2) is 29.9 Å². The SMILES string of the molecule is CCO[C@H]1C[C@H](NC(=O)NCc2cc(C)on2)C12CCCC2. The maximum absolute atomic E-state index is 12.1. The van der Waals surface area contributed by atoms with Crippen molar-refractivity contribution in [3.63, 3.8) is 0 Å². The third-order valence-corrected chi connectivity index (χ3v) is 5.10. The number of nitrogens with one attached hydrogen (secondary N) is 2. The molecule has 1 aromatic heterocycles. The summed E-state index contributed by atoms with van der Waals surface area (Å²) in [6, 6.07) is 1.92. The molecule has 6 nitrogen and oxygen atoms in total. The third-order valence-electron chi connectivity index (χ3n) is 5.10. The number of aryl methyl sites for hydroxylation is 1. The molecule has 1 aromatic rings. The van der Waals surface area contributed by atoms with Gasteiger partial charge in [-0.05, 0) is 33.1 Å². The summed E-state index contributed by atoms with van der Waals surface area (Å²) in [5.74, 6) is 0.751. The van der Waals surface area contributed by atoms with E-state index in [9.17, 15) is 4.79 Å². The van der Waals surface area contributed by atoms with Crippen LogP contribution in [0.5, 0.6) is 0 Å². The van der Waals surface area contributed by atoms with Gasteiger partial charge in [0.25, 0.3) is 0 Å². The highest BCUT2D eigenvalue weighted by Gasteiger charge is 2.57. The highest BCUT2D eigenvalue weighted by molar-refractivity contribution is 5.74. The Kier molecular flexibility index (Phi) is 4.38. The lowest BCUT2D eigenvalue weighted by molar-refractivity contribution is -0.126. The van der Waals surface area contributed by atoms with Crippen molar-refractivity contribution in [1.29, 1.82) is 0 Å². The molecule has 2 aliphatic carbocycles. The minimum Gasteiger partial charge on any atom is -0.378 e. The van der Waals surface area contributed by atoms with Gasteiger partial charge in [0.1, 0.15) is 11.5 Å². The number of amides is 2. The number of rotatable bonds is 5. The molecular weight excluding hydrogens is 282 g/mol. The van der Waals surface area contributed by atoms with Crippen molar-refractivity contribution in [3.05, 3.63) is 17.5 Å². The van der Waals surface area contributed by atoms with E-state index >= 15 is 0 Å². The van der Waals surface area contributed by atoms with E-state index in [1.807, 2.05) is 19.9 Å². The van der Waals surface area contributed by atoms with Gasteiger partial charge in [-0.1, -0.05) is 18.0 Å². The van der Waals surface area contributed by atoms with Gasteiger partial charge in [0.15, 0.2) is 0 Å². The van der Waals surface area contributed by atoms with Crippen LogP contribution >= 0.6 is 0 Å². The van der Waals surface area contributed by atoms with Gasteiger partial charge in [0, 0.05) is 24.1 Å². The Morgan fingerprint density at radius 2 is 2.27 bits per heavy atom. The zero-order chi connectivity index (χ0) is 15.6. The zero-order valence-electron chi connectivity index (χ0n) is 13.4. The Bertz CT molecular complexity index is 522. The number of aromatic nitrogens is 1. The molecule has 2 atom stereocenters. The molecular formula is C16H25N3O3. The highest BCUT2D eigenvalue weighted by atomic mass is 16.5.